The standard InChI is InChI=1S/C25H29F4N5O3/c1-14-10-17(18(26)13-30-14)19-11-20(33-32-19)22(36)34-9-4-15(12-23(34)7-8-23)21(35)31-16-2-5-24(37,6-3-16)25(27,28)29/h10-11,13,15-16,37H,2-9,12H2,1H3,(H,31,35)(H,32,33)/t15-,16-,24-/m1/s1. The summed E-state index contributed by atoms with van der Waals surface area (Å²) in [4.78, 5) is 31.9. The molecule has 2 aliphatic carbocycles. The van der Waals surface area contributed by atoms with E-state index in [-0.39, 0.29) is 41.8 Å². The smallest absolute Gasteiger partial charge is 0.380 e. The first-order valence-corrected chi connectivity index (χ1v) is 12.5. The van der Waals surface area contributed by atoms with Crippen LogP contribution in [0.25, 0.3) is 11.3 Å². The van der Waals surface area contributed by atoms with Gasteiger partial charge < -0.3 is 15.3 Å². The zero-order valence-electron chi connectivity index (χ0n) is 20.4. The lowest BCUT2D eigenvalue weighted by molar-refractivity contribution is -0.270. The number of carbonyl (C=O) groups excluding carboxylic acids is 2. The van der Waals surface area contributed by atoms with E-state index in [0.29, 0.717) is 30.8 Å². The fourth-order valence-electron chi connectivity index (χ4n) is 5.65. The van der Waals surface area contributed by atoms with Gasteiger partial charge in [0.1, 0.15) is 0 Å². The molecule has 3 fully saturated rings. The van der Waals surface area contributed by atoms with Gasteiger partial charge in [-0.3, -0.25) is 19.7 Å². The number of likely N-dealkylation sites (tertiary alicyclic amines) is 1. The molecule has 5 rings (SSSR count). The molecular weight excluding hydrogens is 494 g/mol. The van der Waals surface area contributed by atoms with Crippen molar-refractivity contribution >= 4 is 11.8 Å². The number of halogens is 4. The van der Waals surface area contributed by atoms with Crippen molar-refractivity contribution in [3.05, 3.63) is 35.5 Å². The molecule has 0 bridgehead atoms. The quantitative estimate of drug-likeness (QED) is 0.530. The summed E-state index contributed by atoms with van der Waals surface area (Å²) in [6.45, 7) is 2.08. The first kappa shape index (κ1) is 25.6. The van der Waals surface area contributed by atoms with E-state index < -0.39 is 42.0 Å². The fraction of sp³-hybridized carbons (Fsp3) is 0.600. The van der Waals surface area contributed by atoms with Gasteiger partial charge >= 0.3 is 6.18 Å². The molecule has 0 unspecified atom stereocenters. The van der Waals surface area contributed by atoms with Gasteiger partial charge in [-0.05, 0) is 70.4 Å². The van der Waals surface area contributed by atoms with Gasteiger partial charge in [-0.1, -0.05) is 0 Å². The Balaban J connectivity index is 1.20. The van der Waals surface area contributed by atoms with Crippen LogP contribution in [0.5, 0.6) is 0 Å². The normalized spacial score (nSPS) is 27.2. The molecule has 3 heterocycles. The minimum absolute atomic E-state index is 0.0588. The van der Waals surface area contributed by atoms with Gasteiger partial charge in [0.2, 0.25) is 5.91 Å². The number of pyridine rings is 1. The van der Waals surface area contributed by atoms with Crippen LogP contribution in [0.4, 0.5) is 17.6 Å². The Kier molecular flexibility index (Phi) is 6.28. The highest BCUT2D eigenvalue weighted by Crippen LogP contribution is 2.50. The monoisotopic (exact) mass is 523 g/mol. The third-order valence-corrected chi connectivity index (χ3v) is 8.11. The molecule has 2 aromatic heterocycles. The molecule has 3 aliphatic rings. The number of amides is 2. The number of nitrogens with one attached hydrogen (secondary N) is 2. The molecule has 1 atom stereocenters. The second-order valence-corrected chi connectivity index (χ2v) is 10.7. The average Bonchev–Trinajstić information content (AvgIpc) is 3.42. The number of alkyl halides is 3. The number of hydrogen-bond acceptors (Lipinski definition) is 5. The Bertz CT molecular complexity index is 1200. The molecule has 2 aromatic rings. The predicted molar refractivity (Wildman–Crippen MR) is 124 cm³/mol. The average molecular weight is 524 g/mol. The summed E-state index contributed by atoms with van der Waals surface area (Å²) >= 11 is 0. The Morgan fingerprint density at radius 1 is 1.16 bits per heavy atom. The van der Waals surface area contributed by atoms with Crippen molar-refractivity contribution in [2.45, 2.75) is 81.6 Å². The highest BCUT2D eigenvalue weighted by molar-refractivity contribution is 5.94. The maximum absolute atomic E-state index is 14.2. The largest absolute Gasteiger partial charge is 0.417 e. The van der Waals surface area contributed by atoms with Gasteiger partial charge in [-0.15, -0.1) is 0 Å². The van der Waals surface area contributed by atoms with E-state index in [1.807, 2.05) is 0 Å². The number of nitrogens with zero attached hydrogens (tertiary/aromatic N) is 3. The first-order valence-electron chi connectivity index (χ1n) is 12.5. The van der Waals surface area contributed by atoms with E-state index in [1.54, 1.807) is 17.9 Å². The SMILES string of the molecule is Cc1cc(-c2cc(C(=O)N3CC[C@@H](C(=O)N[C@H]4CC[C@@](O)(C(F)(F)F)CC4)CC34CC4)n[nH]2)c(F)cn1. The number of carbonyl (C=O) groups is 2. The van der Waals surface area contributed by atoms with E-state index in [1.165, 1.54) is 6.07 Å². The second-order valence-electron chi connectivity index (χ2n) is 10.7. The van der Waals surface area contributed by atoms with Crippen molar-refractivity contribution in [1.82, 2.24) is 25.4 Å². The molecule has 1 aliphatic heterocycles. The van der Waals surface area contributed by atoms with E-state index in [2.05, 4.69) is 20.5 Å². The lowest BCUT2D eigenvalue weighted by atomic mass is 9.81. The zero-order chi connectivity index (χ0) is 26.6. The topological polar surface area (TPSA) is 111 Å². The van der Waals surface area contributed by atoms with Gasteiger partial charge in [-0.2, -0.15) is 18.3 Å². The van der Waals surface area contributed by atoms with Crippen molar-refractivity contribution in [2.24, 2.45) is 5.92 Å². The van der Waals surface area contributed by atoms with Gasteiger partial charge in [-0.25, -0.2) is 4.39 Å². The first-order chi connectivity index (χ1) is 17.4. The van der Waals surface area contributed by atoms with E-state index in [0.717, 1.165) is 19.0 Å². The number of aryl methyl sites for hydroxylation is 1. The minimum Gasteiger partial charge on any atom is -0.380 e. The van der Waals surface area contributed by atoms with Crippen LogP contribution in [-0.2, 0) is 4.79 Å². The molecule has 3 N–H and O–H groups in total. The van der Waals surface area contributed by atoms with Crippen molar-refractivity contribution < 1.29 is 32.3 Å². The molecule has 200 valence electrons. The Morgan fingerprint density at radius 2 is 1.86 bits per heavy atom. The Hall–Kier alpha value is -3.02. The van der Waals surface area contributed by atoms with Crippen LogP contribution in [0.3, 0.4) is 0 Å². The minimum atomic E-state index is -4.68. The molecule has 12 heteroatoms. The van der Waals surface area contributed by atoms with Gasteiger partial charge in [0.15, 0.2) is 17.1 Å². The van der Waals surface area contributed by atoms with Gasteiger partial charge in [0, 0.05) is 35.3 Å². The molecule has 37 heavy (non-hydrogen) atoms. The lowest BCUT2D eigenvalue weighted by Gasteiger charge is -2.41. The summed E-state index contributed by atoms with van der Waals surface area (Å²) < 4.78 is 53.4. The van der Waals surface area contributed by atoms with E-state index >= 15 is 0 Å². The van der Waals surface area contributed by atoms with Crippen LogP contribution >= 0.6 is 0 Å². The summed E-state index contributed by atoms with van der Waals surface area (Å²) in [5, 5.41) is 19.6. The second kappa shape index (κ2) is 9.07. The van der Waals surface area contributed by atoms with E-state index in [4.69, 9.17) is 0 Å². The molecule has 1 spiro atoms. The summed E-state index contributed by atoms with van der Waals surface area (Å²) in [5.74, 6) is -1.38. The number of aromatic amines is 1. The third-order valence-electron chi connectivity index (χ3n) is 8.11. The highest BCUT2D eigenvalue weighted by atomic mass is 19.4. The van der Waals surface area contributed by atoms with Crippen molar-refractivity contribution in [2.75, 3.05) is 6.54 Å². The third kappa shape index (κ3) is 4.83. The van der Waals surface area contributed by atoms with Crippen LogP contribution in [0.15, 0.2) is 18.3 Å². The molecule has 2 saturated carbocycles. The van der Waals surface area contributed by atoms with Crippen LogP contribution in [0.2, 0.25) is 0 Å². The van der Waals surface area contributed by atoms with Crippen LogP contribution in [-0.4, -0.2) is 66.9 Å². The van der Waals surface area contributed by atoms with Crippen LogP contribution in [0.1, 0.15) is 67.5 Å². The maximum atomic E-state index is 14.2. The molecule has 0 radical (unpaired) electrons. The van der Waals surface area contributed by atoms with Crippen LogP contribution < -0.4 is 5.32 Å². The molecule has 0 aromatic carbocycles. The summed E-state index contributed by atoms with van der Waals surface area (Å²) in [5.41, 5.74) is -1.70. The lowest BCUT2D eigenvalue weighted by Crippen LogP contribution is -2.54. The summed E-state index contributed by atoms with van der Waals surface area (Å²) in [7, 11) is 0. The summed E-state index contributed by atoms with van der Waals surface area (Å²) in [6, 6.07) is 2.67. The van der Waals surface area contributed by atoms with Gasteiger partial charge in [0.25, 0.3) is 5.91 Å². The number of piperidine rings is 1. The van der Waals surface area contributed by atoms with Crippen LogP contribution in [0, 0.1) is 18.7 Å². The molecule has 2 amide bonds. The van der Waals surface area contributed by atoms with Gasteiger partial charge in [0.05, 0.1) is 11.9 Å². The van der Waals surface area contributed by atoms with Crippen molar-refractivity contribution in [3.8, 4) is 11.3 Å². The highest BCUT2D eigenvalue weighted by Gasteiger charge is 2.56. The zero-order valence-corrected chi connectivity index (χ0v) is 20.4. The number of aliphatic hydroxyl groups is 1. The number of H-pyrrole nitrogens is 1. The molecular formula is C25H29F4N5O3. The molecule has 8 nitrogen and oxygen atoms in total. The number of aromatic nitrogens is 3. The maximum Gasteiger partial charge on any atom is 0.417 e. The molecule has 1 saturated heterocycles. The Morgan fingerprint density at radius 3 is 2.51 bits per heavy atom. The predicted octanol–water partition coefficient (Wildman–Crippen LogP) is 3.66. The fourth-order valence-corrected chi connectivity index (χ4v) is 5.65. The van der Waals surface area contributed by atoms with E-state index in [9.17, 15) is 32.3 Å². The Labute approximate surface area is 210 Å². The summed E-state index contributed by atoms with van der Waals surface area (Å²) in [6.07, 6.45) is -1.92. The number of hydrogen-bond donors (Lipinski definition) is 3. The number of rotatable bonds is 4. The van der Waals surface area contributed by atoms with Crippen molar-refractivity contribution in [1.29, 1.82) is 0 Å². The van der Waals surface area contributed by atoms with Crippen molar-refractivity contribution in [3.63, 3.8) is 0 Å².